The second-order valence-electron chi connectivity index (χ2n) is 4.62. The largest absolute Gasteiger partial charge is 0.346 e. The number of aldehydes is 1. The highest BCUT2D eigenvalue weighted by atomic mass is 32.2. The summed E-state index contributed by atoms with van der Waals surface area (Å²) in [6.07, 6.45) is 17.3. The summed E-state index contributed by atoms with van der Waals surface area (Å²) < 4.78 is 0. The van der Waals surface area contributed by atoms with Crippen molar-refractivity contribution < 1.29 is 4.79 Å². The Hall–Kier alpha value is -1.74. The molecule has 3 aliphatic rings. The lowest BCUT2D eigenvalue weighted by atomic mass is 10.2. The normalized spacial score (nSPS) is 21.7. The Morgan fingerprint density at radius 3 is 3.05 bits per heavy atom. The zero-order valence-electron chi connectivity index (χ0n) is 10.8. The van der Waals surface area contributed by atoms with E-state index in [9.17, 15) is 4.79 Å². The smallest absolute Gasteiger partial charge is 0.149 e. The number of nitrogens with zero attached hydrogens (tertiary/aromatic N) is 1. The van der Waals surface area contributed by atoms with Gasteiger partial charge in [0.2, 0.25) is 0 Å². The van der Waals surface area contributed by atoms with Gasteiger partial charge in [-0.1, -0.05) is 42.1 Å². The van der Waals surface area contributed by atoms with Crippen molar-refractivity contribution in [3.8, 4) is 0 Å². The highest BCUT2D eigenvalue weighted by molar-refractivity contribution is 8.07. The first-order valence-corrected chi connectivity index (χ1v) is 7.17. The summed E-state index contributed by atoms with van der Waals surface area (Å²) >= 11 is 1.75. The molecule has 0 unspecified atom stereocenters. The topological polar surface area (TPSA) is 20.3 Å². The summed E-state index contributed by atoms with van der Waals surface area (Å²) in [4.78, 5) is 15.7. The fraction of sp³-hybridized carbons (Fsp3) is 0.188. The monoisotopic (exact) mass is 269 g/mol. The molecule has 0 saturated carbocycles. The van der Waals surface area contributed by atoms with Crippen LogP contribution < -0.4 is 0 Å². The number of rotatable bonds is 1. The van der Waals surface area contributed by atoms with E-state index in [4.69, 9.17) is 0 Å². The second-order valence-corrected chi connectivity index (χ2v) is 5.70. The molecule has 96 valence electrons. The summed E-state index contributed by atoms with van der Waals surface area (Å²) in [5, 5.41) is 0. The molecule has 1 heterocycles. The van der Waals surface area contributed by atoms with Gasteiger partial charge in [0, 0.05) is 34.5 Å². The van der Waals surface area contributed by atoms with Gasteiger partial charge in [0.1, 0.15) is 6.29 Å². The van der Waals surface area contributed by atoms with Crippen LogP contribution in [0.3, 0.4) is 0 Å². The van der Waals surface area contributed by atoms with Crippen LogP contribution in [0.15, 0.2) is 69.3 Å². The van der Waals surface area contributed by atoms with Crippen molar-refractivity contribution in [1.29, 1.82) is 0 Å². The number of likely N-dealkylation sites (N-methyl/N-ethyl adjacent to an activating group) is 1. The average Bonchev–Trinajstić information content (AvgIpc) is 2.76. The maximum atomic E-state index is 11.0. The van der Waals surface area contributed by atoms with Gasteiger partial charge in [-0.25, -0.2) is 0 Å². The van der Waals surface area contributed by atoms with Crippen LogP contribution in [-0.4, -0.2) is 18.2 Å². The fourth-order valence-electron chi connectivity index (χ4n) is 2.41. The minimum Gasteiger partial charge on any atom is -0.346 e. The van der Waals surface area contributed by atoms with E-state index in [0.717, 1.165) is 29.6 Å². The molecule has 0 atom stereocenters. The molecule has 0 spiro atoms. The zero-order chi connectivity index (χ0) is 13.2. The molecule has 0 radical (unpaired) electrons. The zero-order valence-corrected chi connectivity index (χ0v) is 11.6. The molecule has 3 heteroatoms. The Morgan fingerprint density at radius 2 is 2.21 bits per heavy atom. The molecule has 2 nitrogen and oxygen atoms in total. The van der Waals surface area contributed by atoms with Gasteiger partial charge in [0.15, 0.2) is 0 Å². The lowest BCUT2D eigenvalue weighted by Gasteiger charge is -2.32. The highest BCUT2D eigenvalue weighted by Gasteiger charge is 2.25. The summed E-state index contributed by atoms with van der Waals surface area (Å²) in [5.41, 5.74) is 3.30. The average molecular weight is 269 g/mol. The van der Waals surface area contributed by atoms with Crippen molar-refractivity contribution in [2.75, 3.05) is 7.05 Å². The van der Waals surface area contributed by atoms with Crippen molar-refractivity contribution in [3.05, 3.63) is 69.3 Å². The van der Waals surface area contributed by atoms with Crippen LogP contribution in [0.1, 0.15) is 12.8 Å². The van der Waals surface area contributed by atoms with Gasteiger partial charge in [-0.15, -0.1) is 0 Å². The molecule has 3 rings (SSSR count). The lowest BCUT2D eigenvalue weighted by Crippen LogP contribution is -2.22. The number of hydrogen-bond donors (Lipinski definition) is 0. The maximum absolute atomic E-state index is 11.0. The van der Waals surface area contributed by atoms with Crippen LogP contribution in [0.4, 0.5) is 0 Å². The van der Waals surface area contributed by atoms with Crippen molar-refractivity contribution in [1.82, 2.24) is 4.90 Å². The summed E-state index contributed by atoms with van der Waals surface area (Å²) in [6, 6.07) is 0. The molecule has 0 amide bonds. The van der Waals surface area contributed by atoms with E-state index in [2.05, 4.69) is 42.3 Å². The highest BCUT2D eigenvalue weighted by Crippen LogP contribution is 2.44. The van der Waals surface area contributed by atoms with Crippen LogP contribution >= 0.6 is 11.8 Å². The third-order valence-electron chi connectivity index (χ3n) is 3.43. The molecular weight excluding hydrogens is 254 g/mol. The van der Waals surface area contributed by atoms with E-state index >= 15 is 0 Å². The minimum absolute atomic E-state index is 0.766. The van der Waals surface area contributed by atoms with Crippen LogP contribution in [-0.2, 0) is 4.79 Å². The van der Waals surface area contributed by atoms with Gasteiger partial charge < -0.3 is 4.90 Å². The Labute approximate surface area is 117 Å². The first-order chi connectivity index (χ1) is 9.29. The van der Waals surface area contributed by atoms with Crippen LogP contribution in [0.25, 0.3) is 0 Å². The molecule has 0 aromatic rings. The number of allylic oxidation sites excluding steroid dienone is 8. The summed E-state index contributed by atoms with van der Waals surface area (Å²) in [5.74, 6) is 0. The number of carbonyl (C=O) groups excluding carboxylic acids is 1. The standard InChI is InChI=1S/C16H15NOS/c1-17-13-7-3-2-4-9-15(13)19-16-10-12(11-18)6-5-8-14(16)17/h2-4,6,8-11H,5,7H2,1H3. The Balaban J connectivity index is 2.06. The molecule has 0 N–H and O–H groups in total. The first kappa shape index (κ1) is 12.3. The minimum atomic E-state index is 0.766. The SMILES string of the molecule is CN1C2=CCC=C(C=O)C=C2SC2=C1CC=CC=C2. The second kappa shape index (κ2) is 5.10. The molecule has 0 bridgehead atoms. The quantitative estimate of drug-likeness (QED) is 0.677. The van der Waals surface area contributed by atoms with E-state index in [1.165, 1.54) is 16.3 Å². The van der Waals surface area contributed by atoms with Crippen molar-refractivity contribution in [3.63, 3.8) is 0 Å². The fourth-order valence-corrected chi connectivity index (χ4v) is 3.66. The van der Waals surface area contributed by atoms with Crippen LogP contribution in [0.5, 0.6) is 0 Å². The number of hydrogen-bond acceptors (Lipinski definition) is 3. The Morgan fingerprint density at radius 1 is 1.32 bits per heavy atom. The summed E-state index contributed by atoms with van der Waals surface area (Å²) in [6.45, 7) is 0. The molecular formula is C16H15NOS. The predicted molar refractivity (Wildman–Crippen MR) is 80.2 cm³/mol. The third-order valence-corrected chi connectivity index (χ3v) is 4.57. The van der Waals surface area contributed by atoms with Gasteiger partial charge in [0.25, 0.3) is 0 Å². The molecule has 1 aliphatic heterocycles. The molecule has 2 aliphatic carbocycles. The number of carbonyl (C=O) groups is 1. The van der Waals surface area contributed by atoms with Gasteiger partial charge in [-0.2, -0.15) is 0 Å². The Bertz CT molecular complexity index is 602. The van der Waals surface area contributed by atoms with Gasteiger partial charge in [-0.05, 0) is 18.6 Å². The third kappa shape index (κ3) is 2.26. The molecule has 19 heavy (non-hydrogen) atoms. The molecule has 0 fully saturated rings. The van der Waals surface area contributed by atoms with Crippen molar-refractivity contribution >= 4 is 18.0 Å². The van der Waals surface area contributed by atoms with Gasteiger partial charge >= 0.3 is 0 Å². The van der Waals surface area contributed by atoms with E-state index in [1.54, 1.807) is 11.8 Å². The molecule has 0 aromatic carbocycles. The predicted octanol–water partition coefficient (Wildman–Crippen LogP) is 3.69. The van der Waals surface area contributed by atoms with Crippen molar-refractivity contribution in [2.45, 2.75) is 12.8 Å². The molecule has 0 saturated heterocycles. The van der Waals surface area contributed by atoms with Crippen LogP contribution in [0.2, 0.25) is 0 Å². The maximum Gasteiger partial charge on any atom is 0.149 e. The lowest BCUT2D eigenvalue weighted by molar-refractivity contribution is -0.104. The van der Waals surface area contributed by atoms with E-state index in [-0.39, 0.29) is 0 Å². The number of fused-ring (bicyclic) bond motifs is 1. The summed E-state index contributed by atoms with van der Waals surface area (Å²) in [7, 11) is 2.10. The van der Waals surface area contributed by atoms with Crippen LogP contribution in [0, 0.1) is 0 Å². The van der Waals surface area contributed by atoms with Crippen molar-refractivity contribution in [2.24, 2.45) is 0 Å². The number of thioether (sulfide) groups is 1. The van der Waals surface area contributed by atoms with E-state index < -0.39 is 0 Å². The Kier molecular flexibility index (Phi) is 3.30. The van der Waals surface area contributed by atoms with E-state index in [1.807, 2.05) is 12.2 Å². The first-order valence-electron chi connectivity index (χ1n) is 6.35. The van der Waals surface area contributed by atoms with E-state index in [0.29, 0.717) is 0 Å². The van der Waals surface area contributed by atoms with Gasteiger partial charge in [-0.3, -0.25) is 4.79 Å². The molecule has 0 aromatic heterocycles. The van der Waals surface area contributed by atoms with Gasteiger partial charge in [0.05, 0.1) is 5.70 Å².